The van der Waals surface area contributed by atoms with E-state index in [1.807, 2.05) is 23.9 Å². The molecule has 0 spiro atoms. The van der Waals surface area contributed by atoms with E-state index in [9.17, 15) is 10.1 Å². The van der Waals surface area contributed by atoms with Crippen LogP contribution in [-0.2, 0) is 0 Å². The number of likely N-dealkylation sites (tertiary alicyclic amines) is 2. The smallest absolute Gasteiger partial charge is 0.351 e. The highest BCUT2D eigenvalue weighted by atomic mass is 16.6. The van der Waals surface area contributed by atoms with Crippen LogP contribution in [0.3, 0.4) is 0 Å². The number of rotatable bonds is 5. The maximum atomic E-state index is 12.0. The van der Waals surface area contributed by atoms with Gasteiger partial charge in [0.2, 0.25) is 11.6 Å². The zero-order chi connectivity index (χ0) is 19.6. The minimum Gasteiger partial charge on any atom is -0.351 e. The van der Waals surface area contributed by atoms with Gasteiger partial charge in [-0.25, -0.2) is 9.97 Å². The molecular weight excluding hydrogens is 346 g/mol. The maximum absolute atomic E-state index is 12.0. The Morgan fingerprint density at radius 3 is 1.63 bits per heavy atom. The Morgan fingerprint density at radius 2 is 1.30 bits per heavy atom. The molecule has 0 amide bonds. The molecule has 2 saturated heterocycles. The fourth-order valence-electron chi connectivity index (χ4n) is 4.15. The lowest BCUT2D eigenvalue weighted by Crippen LogP contribution is -2.43. The van der Waals surface area contributed by atoms with E-state index in [1.165, 1.54) is 6.33 Å². The highest BCUT2D eigenvalue weighted by molar-refractivity contribution is 5.71. The Hall–Kier alpha value is -2.00. The molecule has 2 aliphatic rings. The van der Waals surface area contributed by atoms with Crippen LogP contribution in [0.4, 0.5) is 17.3 Å². The Labute approximate surface area is 161 Å². The molecule has 0 N–H and O–H groups in total. The number of piperidine rings is 2. The second-order valence-electron chi connectivity index (χ2n) is 7.92. The van der Waals surface area contributed by atoms with Crippen LogP contribution in [0.1, 0.15) is 25.7 Å². The summed E-state index contributed by atoms with van der Waals surface area (Å²) in [6.07, 6.45) is 5.39. The van der Waals surface area contributed by atoms with Crippen molar-refractivity contribution in [2.45, 2.75) is 37.8 Å². The van der Waals surface area contributed by atoms with Gasteiger partial charge >= 0.3 is 5.69 Å². The summed E-state index contributed by atoms with van der Waals surface area (Å²) in [7, 11) is 8.06. The molecule has 3 rings (SSSR count). The summed E-state index contributed by atoms with van der Waals surface area (Å²) in [5.74, 6) is 0.860. The van der Waals surface area contributed by atoms with Gasteiger partial charge < -0.3 is 19.6 Å². The van der Waals surface area contributed by atoms with E-state index in [4.69, 9.17) is 0 Å². The molecule has 0 atom stereocenters. The molecule has 0 aliphatic carbocycles. The molecule has 0 bridgehead atoms. The number of nitro groups is 1. The lowest BCUT2D eigenvalue weighted by molar-refractivity contribution is -0.383. The Bertz CT molecular complexity index is 609. The van der Waals surface area contributed by atoms with Gasteiger partial charge in [0.25, 0.3) is 0 Å². The van der Waals surface area contributed by atoms with Crippen LogP contribution in [0.5, 0.6) is 0 Å². The van der Waals surface area contributed by atoms with E-state index in [2.05, 4.69) is 33.9 Å². The molecule has 9 heteroatoms. The molecule has 1 aromatic rings. The van der Waals surface area contributed by atoms with Gasteiger partial charge in [-0.1, -0.05) is 0 Å². The first-order chi connectivity index (χ1) is 12.9. The van der Waals surface area contributed by atoms with Crippen LogP contribution >= 0.6 is 0 Å². The molecule has 150 valence electrons. The summed E-state index contributed by atoms with van der Waals surface area (Å²) in [5, 5.41) is 12.0. The van der Waals surface area contributed by atoms with E-state index < -0.39 is 0 Å². The molecular formula is C18H31N7O2. The summed E-state index contributed by atoms with van der Waals surface area (Å²) in [6.45, 7) is 3.99. The molecule has 2 aliphatic heterocycles. The summed E-state index contributed by atoms with van der Waals surface area (Å²) in [4.78, 5) is 28.8. The van der Waals surface area contributed by atoms with Gasteiger partial charge in [-0.3, -0.25) is 10.1 Å². The van der Waals surface area contributed by atoms with E-state index >= 15 is 0 Å². The third-order valence-electron chi connectivity index (χ3n) is 6.11. The van der Waals surface area contributed by atoms with Crippen molar-refractivity contribution in [2.24, 2.45) is 0 Å². The Balaban J connectivity index is 1.87. The van der Waals surface area contributed by atoms with Crippen molar-refractivity contribution in [1.29, 1.82) is 0 Å². The van der Waals surface area contributed by atoms with E-state index in [0.717, 1.165) is 51.9 Å². The van der Waals surface area contributed by atoms with Crippen LogP contribution in [0.25, 0.3) is 0 Å². The summed E-state index contributed by atoms with van der Waals surface area (Å²) < 4.78 is 0. The van der Waals surface area contributed by atoms with E-state index in [0.29, 0.717) is 11.6 Å². The zero-order valence-electron chi connectivity index (χ0n) is 16.8. The predicted octanol–water partition coefficient (Wildman–Crippen LogP) is 1.45. The predicted molar refractivity (Wildman–Crippen MR) is 107 cm³/mol. The van der Waals surface area contributed by atoms with Crippen molar-refractivity contribution >= 4 is 17.3 Å². The molecule has 9 nitrogen and oxygen atoms in total. The van der Waals surface area contributed by atoms with Crippen LogP contribution in [0.2, 0.25) is 0 Å². The SMILES string of the molecule is CN1CCC(N(C)c2ncnc(N(C)C3CCN(C)CC3)c2[N+](=O)[O-])CC1. The second kappa shape index (κ2) is 8.35. The summed E-state index contributed by atoms with van der Waals surface area (Å²) >= 11 is 0. The molecule has 0 aromatic carbocycles. The lowest BCUT2D eigenvalue weighted by atomic mass is 10.0. The Morgan fingerprint density at radius 1 is 0.926 bits per heavy atom. The first-order valence-corrected chi connectivity index (χ1v) is 9.70. The minimum absolute atomic E-state index is 0.0281. The van der Waals surface area contributed by atoms with Gasteiger partial charge in [-0.15, -0.1) is 0 Å². The van der Waals surface area contributed by atoms with Crippen LogP contribution in [0, 0.1) is 10.1 Å². The third-order valence-corrected chi connectivity index (χ3v) is 6.11. The molecule has 0 radical (unpaired) electrons. The highest BCUT2D eigenvalue weighted by Gasteiger charge is 2.33. The molecule has 2 fully saturated rings. The van der Waals surface area contributed by atoms with Gasteiger partial charge in [-0.05, 0) is 66.0 Å². The second-order valence-corrected chi connectivity index (χ2v) is 7.92. The third kappa shape index (κ3) is 4.30. The van der Waals surface area contributed by atoms with E-state index in [1.54, 1.807) is 0 Å². The first kappa shape index (κ1) is 19.8. The van der Waals surface area contributed by atoms with Crippen LogP contribution < -0.4 is 9.80 Å². The summed E-state index contributed by atoms with van der Waals surface area (Å²) in [6, 6.07) is 0.521. The quantitative estimate of drug-likeness (QED) is 0.563. The monoisotopic (exact) mass is 377 g/mol. The highest BCUT2D eigenvalue weighted by Crippen LogP contribution is 2.36. The summed E-state index contributed by atoms with van der Waals surface area (Å²) in [5.41, 5.74) is 0.0281. The lowest BCUT2D eigenvalue weighted by Gasteiger charge is -2.37. The first-order valence-electron chi connectivity index (χ1n) is 9.70. The average Bonchev–Trinajstić information content (AvgIpc) is 2.67. The fraction of sp³-hybridized carbons (Fsp3) is 0.778. The van der Waals surface area contributed by atoms with Crippen molar-refractivity contribution in [3.8, 4) is 0 Å². The van der Waals surface area contributed by atoms with Gasteiger partial charge in [0.15, 0.2) is 0 Å². The largest absolute Gasteiger partial charge is 0.353 e. The van der Waals surface area contributed by atoms with Crippen LogP contribution in [0.15, 0.2) is 6.33 Å². The molecule has 27 heavy (non-hydrogen) atoms. The number of anilines is 2. The van der Waals surface area contributed by atoms with Crippen molar-refractivity contribution in [3.63, 3.8) is 0 Å². The van der Waals surface area contributed by atoms with Crippen molar-refractivity contribution in [2.75, 3.05) is 64.2 Å². The fourth-order valence-corrected chi connectivity index (χ4v) is 4.15. The van der Waals surface area contributed by atoms with Crippen LogP contribution in [-0.4, -0.2) is 91.1 Å². The number of hydrogen-bond acceptors (Lipinski definition) is 8. The van der Waals surface area contributed by atoms with Crippen molar-refractivity contribution in [3.05, 3.63) is 16.4 Å². The maximum Gasteiger partial charge on any atom is 0.353 e. The minimum atomic E-state index is -0.318. The van der Waals surface area contributed by atoms with Gasteiger partial charge in [0.1, 0.15) is 6.33 Å². The Kier molecular flexibility index (Phi) is 6.11. The number of nitrogens with zero attached hydrogens (tertiary/aromatic N) is 7. The average molecular weight is 377 g/mol. The molecule has 1 aromatic heterocycles. The molecule has 3 heterocycles. The van der Waals surface area contributed by atoms with Crippen molar-refractivity contribution in [1.82, 2.24) is 19.8 Å². The molecule has 0 unspecified atom stereocenters. The van der Waals surface area contributed by atoms with E-state index in [-0.39, 0.29) is 22.7 Å². The van der Waals surface area contributed by atoms with Gasteiger partial charge in [-0.2, -0.15) is 0 Å². The van der Waals surface area contributed by atoms with Crippen molar-refractivity contribution < 1.29 is 4.92 Å². The molecule has 0 saturated carbocycles. The van der Waals surface area contributed by atoms with Gasteiger partial charge in [0.05, 0.1) is 4.92 Å². The normalized spacial score (nSPS) is 20.6. The topological polar surface area (TPSA) is 81.9 Å². The zero-order valence-corrected chi connectivity index (χ0v) is 16.8. The number of hydrogen-bond donors (Lipinski definition) is 0. The standard InChI is InChI=1S/C18H31N7O2/c1-21-9-5-14(6-10-21)23(3)17-16(25(26)27)18(20-13-19-17)24(4)15-7-11-22(2)12-8-15/h13-15H,5-12H2,1-4H3. The van der Waals surface area contributed by atoms with Gasteiger partial charge in [0, 0.05) is 26.2 Å². The number of aromatic nitrogens is 2.